The van der Waals surface area contributed by atoms with E-state index < -0.39 is 10.6 Å². The fourth-order valence-corrected chi connectivity index (χ4v) is 3.88. The number of benzene rings is 1. The Morgan fingerprint density at radius 3 is 2.87 bits per heavy atom. The number of amides is 1. The van der Waals surface area contributed by atoms with Crippen LogP contribution in [0.2, 0.25) is 0 Å². The van der Waals surface area contributed by atoms with Gasteiger partial charge in [0.25, 0.3) is 5.91 Å². The van der Waals surface area contributed by atoms with Gasteiger partial charge in [0.1, 0.15) is 0 Å². The molecule has 7 heteroatoms. The zero-order valence-electron chi connectivity index (χ0n) is 16.4. The molecular formula is C23H21BrN2O4. The second-order valence-electron chi connectivity index (χ2n) is 7.00. The number of fused-ring (bicyclic) bond motifs is 1. The third-order valence-corrected chi connectivity index (χ3v) is 5.54. The third kappa shape index (κ3) is 4.13. The van der Waals surface area contributed by atoms with E-state index in [0.717, 1.165) is 16.2 Å². The SMILES string of the molecule is C=C/C(=C\C=C\[N+](=O)[O-])CN1C(=O)c2ccc(Br)cc2C1(O)C1=CCC=C(C)C=C1. The summed E-state index contributed by atoms with van der Waals surface area (Å²) in [5.74, 6) is -0.325. The average Bonchev–Trinajstić information content (AvgIpc) is 2.84. The minimum Gasteiger partial charge on any atom is -0.363 e. The number of allylic oxidation sites excluding steroid dienone is 6. The lowest BCUT2D eigenvalue weighted by atomic mass is 9.92. The largest absolute Gasteiger partial charge is 0.363 e. The Balaban J connectivity index is 2.10. The molecule has 1 atom stereocenters. The van der Waals surface area contributed by atoms with E-state index in [1.54, 1.807) is 18.2 Å². The molecule has 0 saturated carbocycles. The first kappa shape index (κ1) is 21.7. The van der Waals surface area contributed by atoms with Crippen molar-refractivity contribution in [3.8, 4) is 0 Å². The van der Waals surface area contributed by atoms with Crippen molar-refractivity contribution in [2.24, 2.45) is 0 Å². The number of carbonyl (C=O) groups is 1. The van der Waals surface area contributed by atoms with E-state index in [9.17, 15) is 20.0 Å². The van der Waals surface area contributed by atoms with Crippen LogP contribution >= 0.6 is 15.9 Å². The van der Waals surface area contributed by atoms with Crippen molar-refractivity contribution < 1.29 is 14.8 Å². The lowest BCUT2D eigenvalue weighted by Crippen LogP contribution is -2.45. The van der Waals surface area contributed by atoms with Gasteiger partial charge in [0.15, 0.2) is 5.72 Å². The molecule has 0 bridgehead atoms. The predicted molar refractivity (Wildman–Crippen MR) is 119 cm³/mol. The summed E-state index contributed by atoms with van der Waals surface area (Å²) in [4.78, 5) is 24.6. The van der Waals surface area contributed by atoms with Gasteiger partial charge in [-0.2, -0.15) is 0 Å². The summed E-state index contributed by atoms with van der Waals surface area (Å²) in [7, 11) is 0. The molecule has 1 aromatic carbocycles. The quantitative estimate of drug-likeness (QED) is 0.369. The second kappa shape index (κ2) is 8.77. The molecule has 154 valence electrons. The summed E-state index contributed by atoms with van der Waals surface area (Å²) < 4.78 is 0.746. The Kier molecular flexibility index (Phi) is 6.34. The molecule has 6 nitrogen and oxygen atoms in total. The van der Waals surface area contributed by atoms with E-state index >= 15 is 0 Å². The summed E-state index contributed by atoms with van der Waals surface area (Å²) in [5, 5.41) is 22.5. The van der Waals surface area contributed by atoms with Crippen molar-refractivity contribution in [2.75, 3.05) is 6.54 Å². The highest BCUT2D eigenvalue weighted by atomic mass is 79.9. The molecule has 0 saturated heterocycles. The maximum Gasteiger partial charge on any atom is 0.257 e. The minimum atomic E-state index is -1.68. The van der Waals surface area contributed by atoms with Crippen LogP contribution in [0.15, 0.2) is 94.7 Å². The van der Waals surface area contributed by atoms with Gasteiger partial charge in [-0.05, 0) is 37.1 Å². The van der Waals surface area contributed by atoms with Crippen LogP contribution in [0.25, 0.3) is 0 Å². The number of halogens is 1. The van der Waals surface area contributed by atoms with Gasteiger partial charge in [0.05, 0.1) is 4.92 Å². The molecule has 1 heterocycles. The van der Waals surface area contributed by atoms with E-state index in [-0.39, 0.29) is 12.5 Å². The zero-order valence-corrected chi connectivity index (χ0v) is 18.0. The molecule has 0 aromatic heterocycles. The van der Waals surface area contributed by atoms with Gasteiger partial charge < -0.3 is 5.11 Å². The van der Waals surface area contributed by atoms with Gasteiger partial charge in [-0.3, -0.25) is 19.8 Å². The van der Waals surface area contributed by atoms with Gasteiger partial charge in [0, 0.05) is 33.8 Å². The Morgan fingerprint density at radius 1 is 1.40 bits per heavy atom. The maximum absolute atomic E-state index is 13.2. The molecule has 1 aliphatic heterocycles. The number of aliphatic hydroxyl groups is 1. The fourth-order valence-electron chi connectivity index (χ4n) is 3.52. The summed E-state index contributed by atoms with van der Waals surface area (Å²) in [6.45, 7) is 5.74. The third-order valence-electron chi connectivity index (χ3n) is 5.05. The second-order valence-corrected chi connectivity index (χ2v) is 7.92. The van der Waals surface area contributed by atoms with Gasteiger partial charge in [-0.15, -0.1) is 0 Å². The Bertz CT molecular complexity index is 1060. The molecule has 1 aromatic rings. The van der Waals surface area contributed by atoms with Crippen LogP contribution in [0.1, 0.15) is 29.3 Å². The summed E-state index contributed by atoms with van der Waals surface area (Å²) >= 11 is 3.43. The van der Waals surface area contributed by atoms with Crippen LogP contribution in [-0.2, 0) is 5.72 Å². The van der Waals surface area contributed by atoms with E-state index in [4.69, 9.17) is 0 Å². The summed E-state index contributed by atoms with van der Waals surface area (Å²) in [5.41, 5.74) is 1.42. The van der Waals surface area contributed by atoms with Crippen LogP contribution in [-0.4, -0.2) is 27.4 Å². The Morgan fingerprint density at radius 2 is 2.17 bits per heavy atom. The van der Waals surface area contributed by atoms with Crippen molar-refractivity contribution >= 4 is 21.8 Å². The molecule has 0 spiro atoms. The molecule has 1 amide bonds. The number of nitro groups is 1. The number of nitrogens with zero attached hydrogens (tertiary/aromatic N) is 2. The normalized spacial score (nSPS) is 21.4. The standard InChI is InChI=1S/C23H21BrN2O4/c1-3-17(7-5-13-26(29)30)15-25-22(27)20-12-11-19(24)14-21(20)23(25,28)18-8-4-6-16(2)9-10-18/h3,5-14,28H,1,4,15H2,2H3/b13-5+,17-7+. The monoisotopic (exact) mass is 468 g/mol. The van der Waals surface area contributed by atoms with Crippen LogP contribution in [0.4, 0.5) is 0 Å². The summed E-state index contributed by atoms with van der Waals surface area (Å²) in [6.07, 6.45) is 13.4. The summed E-state index contributed by atoms with van der Waals surface area (Å²) in [6, 6.07) is 5.19. The van der Waals surface area contributed by atoms with Gasteiger partial charge in [-0.1, -0.05) is 64.5 Å². The molecule has 3 rings (SSSR count). The number of carbonyl (C=O) groups excluding carboxylic acids is 1. The molecule has 2 aliphatic rings. The van der Waals surface area contributed by atoms with Crippen molar-refractivity contribution in [1.29, 1.82) is 0 Å². The van der Waals surface area contributed by atoms with Crippen LogP contribution in [0.3, 0.4) is 0 Å². The highest BCUT2D eigenvalue weighted by Crippen LogP contribution is 2.44. The molecule has 0 radical (unpaired) electrons. The first-order valence-corrected chi connectivity index (χ1v) is 10.1. The lowest BCUT2D eigenvalue weighted by Gasteiger charge is -2.36. The van der Waals surface area contributed by atoms with Crippen molar-refractivity contribution in [1.82, 2.24) is 4.90 Å². The highest BCUT2D eigenvalue weighted by molar-refractivity contribution is 9.10. The average molecular weight is 469 g/mol. The topological polar surface area (TPSA) is 83.7 Å². The molecule has 0 fully saturated rings. The molecular weight excluding hydrogens is 448 g/mol. The van der Waals surface area contributed by atoms with Crippen LogP contribution in [0.5, 0.6) is 0 Å². The molecule has 1 aliphatic carbocycles. The highest BCUT2D eigenvalue weighted by Gasteiger charge is 2.50. The smallest absolute Gasteiger partial charge is 0.257 e. The fraction of sp³-hybridized carbons (Fsp3) is 0.174. The van der Waals surface area contributed by atoms with E-state index in [1.165, 1.54) is 23.1 Å². The van der Waals surface area contributed by atoms with Gasteiger partial charge in [-0.25, -0.2) is 0 Å². The van der Waals surface area contributed by atoms with Gasteiger partial charge >= 0.3 is 0 Å². The van der Waals surface area contributed by atoms with Crippen molar-refractivity contribution in [3.05, 3.63) is 116 Å². The molecule has 30 heavy (non-hydrogen) atoms. The first-order chi connectivity index (χ1) is 14.3. The van der Waals surface area contributed by atoms with Crippen LogP contribution in [0, 0.1) is 10.1 Å². The number of hydrogen-bond donors (Lipinski definition) is 1. The first-order valence-electron chi connectivity index (χ1n) is 9.30. The van der Waals surface area contributed by atoms with E-state index in [1.807, 2.05) is 31.2 Å². The Labute approximate surface area is 183 Å². The van der Waals surface area contributed by atoms with E-state index in [0.29, 0.717) is 28.7 Å². The lowest BCUT2D eigenvalue weighted by molar-refractivity contribution is -0.402. The van der Waals surface area contributed by atoms with Crippen molar-refractivity contribution in [3.63, 3.8) is 0 Å². The number of rotatable bonds is 6. The number of hydrogen-bond acceptors (Lipinski definition) is 4. The van der Waals surface area contributed by atoms with E-state index in [2.05, 4.69) is 22.5 Å². The predicted octanol–water partition coefficient (Wildman–Crippen LogP) is 4.79. The van der Waals surface area contributed by atoms with Crippen molar-refractivity contribution in [2.45, 2.75) is 19.1 Å². The Hall–Kier alpha value is -3.03. The van der Waals surface area contributed by atoms with Gasteiger partial charge in [0.2, 0.25) is 6.20 Å². The molecule has 1 N–H and O–H groups in total. The van der Waals surface area contributed by atoms with Crippen LogP contribution < -0.4 is 0 Å². The zero-order chi connectivity index (χ0) is 21.9. The maximum atomic E-state index is 13.2. The molecule has 1 unspecified atom stereocenters. The minimum absolute atomic E-state index is 0.0325.